The number of piperidine rings is 1. The predicted octanol–water partition coefficient (Wildman–Crippen LogP) is 3.45. The standard InChI is InChI=1S/C18H25ClN2O2/c1-3-4-11-20(2)17(22)14-9-12-21(13-10-14)18(23)15-7-5-6-8-16(15)19/h5-8,14H,3-4,9-13H2,1-2H3. The Morgan fingerprint density at radius 2 is 1.91 bits per heavy atom. The molecule has 126 valence electrons. The van der Waals surface area contributed by atoms with Crippen LogP contribution in [0.25, 0.3) is 0 Å². The van der Waals surface area contributed by atoms with E-state index in [0.29, 0.717) is 23.7 Å². The second kappa shape index (κ2) is 8.34. The first-order chi connectivity index (χ1) is 11.0. The Kier molecular flexibility index (Phi) is 6.46. The molecular formula is C18H25ClN2O2. The first-order valence-electron chi connectivity index (χ1n) is 8.33. The molecular weight excluding hydrogens is 312 g/mol. The molecule has 0 radical (unpaired) electrons. The van der Waals surface area contributed by atoms with Gasteiger partial charge in [-0.3, -0.25) is 9.59 Å². The molecule has 5 heteroatoms. The van der Waals surface area contributed by atoms with Crippen molar-refractivity contribution < 1.29 is 9.59 Å². The summed E-state index contributed by atoms with van der Waals surface area (Å²) in [5.74, 6) is 0.205. The van der Waals surface area contributed by atoms with Crippen LogP contribution in [0, 0.1) is 5.92 Å². The van der Waals surface area contributed by atoms with Gasteiger partial charge in [0.1, 0.15) is 0 Å². The predicted molar refractivity (Wildman–Crippen MR) is 92.6 cm³/mol. The number of rotatable bonds is 5. The second-order valence-electron chi connectivity index (χ2n) is 6.16. The van der Waals surface area contributed by atoms with Crippen molar-refractivity contribution in [3.05, 3.63) is 34.9 Å². The number of nitrogens with zero attached hydrogens (tertiary/aromatic N) is 2. The van der Waals surface area contributed by atoms with Crippen molar-refractivity contribution in [1.29, 1.82) is 0 Å². The van der Waals surface area contributed by atoms with E-state index in [1.54, 1.807) is 17.0 Å². The zero-order valence-electron chi connectivity index (χ0n) is 13.9. The summed E-state index contributed by atoms with van der Waals surface area (Å²) >= 11 is 6.10. The summed E-state index contributed by atoms with van der Waals surface area (Å²) in [5, 5.41) is 0.481. The van der Waals surface area contributed by atoms with E-state index in [0.717, 1.165) is 32.2 Å². The van der Waals surface area contributed by atoms with Crippen LogP contribution in [0.2, 0.25) is 5.02 Å². The van der Waals surface area contributed by atoms with E-state index in [-0.39, 0.29) is 17.7 Å². The van der Waals surface area contributed by atoms with Crippen LogP contribution in [-0.2, 0) is 4.79 Å². The van der Waals surface area contributed by atoms with Crippen molar-refractivity contribution >= 4 is 23.4 Å². The van der Waals surface area contributed by atoms with Gasteiger partial charge in [-0.1, -0.05) is 37.1 Å². The molecule has 4 nitrogen and oxygen atoms in total. The molecule has 1 aromatic rings. The highest BCUT2D eigenvalue weighted by atomic mass is 35.5. The van der Waals surface area contributed by atoms with Gasteiger partial charge in [-0.15, -0.1) is 0 Å². The Morgan fingerprint density at radius 1 is 1.26 bits per heavy atom. The zero-order chi connectivity index (χ0) is 16.8. The highest BCUT2D eigenvalue weighted by molar-refractivity contribution is 6.33. The van der Waals surface area contributed by atoms with Gasteiger partial charge in [0.15, 0.2) is 0 Å². The van der Waals surface area contributed by atoms with E-state index in [9.17, 15) is 9.59 Å². The van der Waals surface area contributed by atoms with Crippen LogP contribution in [0.4, 0.5) is 0 Å². The third-order valence-corrected chi connectivity index (χ3v) is 4.79. The van der Waals surface area contributed by atoms with Gasteiger partial charge in [0, 0.05) is 32.6 Å². The summed E-state index contributed by atoms with van der Waals surface area (Å²) in [6.45, 7) is 4.16. The smallest absolute Gasteiger partial charge is 0.255 e. The highest BCUT2D eigenvalue weighted by Crippen LogP contribution is 2.23. The summed E-state index contributed by atoms with van der Waals surface area (Å²) in [6.07, 6.45) is 3.57. The molecule has 0 spiro atoms. The lowest BCUT2D eigenvalue weighted by Gasteiger charge is -2.33. The molecule has 0 aliphatic carbocycles. The van der Waals surface area contributed by atoms with E-state index >= 15 is 0 Å². The van der Waals surface area contributed by atoms with Gasteiger partial charge < -0.3 is 9.80 Å². The van der Waals surface area contributed by atoms with Gasteiger partial charge in [0.05, 0.1) is 10.6 Å². The molecule has 1 aliphatic rings. The highest BCUT2D eigenvalue weighted by Gasteiger charge is 2.29. The number of hydrogen-bond acceptors (Lipinski definition) is 2. The normalized spacial score (nSPS) is 15.5. The summed E-state index contributed by atoms with van der Waals surface area (Å²) in [4.78, 5) is 28.6. The molecule has 2 rings (SSSR count). The van der Waals surface area contributed by atoms with Crippen molar-refractivity contribution in [2.24, 2.45) is 5.92 Å². The van der Waals surface area contributed by atoms with Crippen LogP contribution in [0.1, 0.15) is 43.0 Å². The fraction of sp³-hybridized carbons (Fsp3) is 0.556. The topological polar surface area (TPSA) is 40.6 Å². The minimum atomic E-state index is -0.0409. The number of hydrogen-bond donors (Lipinski definition) is 0. The second-order valence-corrected chi connectivity index (χ2v) is 6.57. The molecule has 2 amide bonds. The Morgan fingerprint density at radius 3 is 2.52 bits per heavy atom. The number of carbonyl (C=O) groups is 2. The molecule has 0 N–H and O–H groups in total. The lowest BCUT2D eigenvalue weighted by atomic mass is 9.94. The van der Waals surface area contributed by atoms with Crippen molar-refractivity contribution in [2.45, 2.75) is 32.6 Å². The number of unbranched alkanes of at least 4 members (excludes halogenated alkanes) is 1. The van der Waals surface area contributed by atoms with Crippen LogP contribution in [0.15, 0.2) is 24.3 Å². The van der Waals surface area contributed by atoms with Gasteiger partial charge >= 0.3 is 0 Å². The lowest BCUT2D eigenvalue weighted by molar-refractivity contribution is -0.135. The first-order valence-corrected chi connectivity index (χ1v) is 8.71. The van der Waals surface area contributed by atoms with E-state index in [2.05, 4.69) is 6.92 Å². The van der Waals surface area contributed by atoms with E-state index in [1.807, 2.05) is 24.1 Å². The maximum absolute atomic E-state index is 12.5. The number of halogens is 1. The molecule has 0 unspecified atom stereocenters. The van der Waals surface area contributed by atoms with Crippen LogP contribution in [0.5, 0.6) is 0 Å². The van der Waals surface area contributed by atoms with Gasteiger partial charge in [-0.05, 0) is 31.4 Å². The van der Waals surface area contributed by atoms with Crippen LogP contribution < -0.4 is 0 Å². The van der Waals surface area contributed by atoms with Gasteiger partial charge in [-0.2, -0.15) is 0 Å². The Balaban J connectivity index is 1.90. The molecule has 1 fully saturated rings. The summed E-state index contributed by atoms with van der Waals surface area (Å²) in [6, 6.07) is 7.11. The van der Waals surface area contributed by atoms with Crippen LogP contribution in [-0.4, -0.2) is 48.3 Å². The summed E-state index contributed by atoms with van der Waals surface area (Å²) in [5.41, 5.74) is 0.541. The number of benzene rings is 1. The third-order valence-electron chi connectivity index (χ3n) is 4.46. The van der Waals surface area contributed by atoms with Gasteiger partial charge in [-0.25, -0.2) is 0 Å². The van der Waals surface area contributed by atoms with E-state index in [1.165, 1.54) is 0 Å². The van der Waals surface area contributed by atoms with Gasteiger partial charge in [0.25, 0.3) is 5.91 Å². The average molecular weight is 337 g/mol. The molecule has 1 aliphatic heterocycles. The van der Waals surface area contributed by atoms with Gasteiger partial charge in [0.2, 0.25) is 5.91 Å². The number of likely N-dealkylation sites (tertiary alicyclic amines) is 1. The lowest BCUT2D eigenvalue weighted by Crippen LogP contribution is -2.43. The summed E-state index contributed by atoms with van der Waals surface area (Å²) < 4.78 is 0. The average Bonchev–Trinajstić information content (AvgIpc) is 2.59. The van der Waals surface area contributed by atoms with Crippen LogP contribution >= 0.6 is 11.6 Å². The third kappa shape index (κ3) is 4.47. The number of carbonyl (C=O) groups excluding carboxylic acids is 2. The SMILES string of the molecule is CCCCN(C)C(=O)C1CCN(C(=O)c2ccccc2Cl)CC1. The molecule has 0 bridgehead atoms. The Labute approximate surface area is 143 Å². The summed E-state index contributed by atoms with van der Waals surface area (Å²) in [7, 11) is 1.87. The van der Waals surface area contributed by atoms with Crippen molar-refractivity contribution in [1.82, 2.24) is 9.80 Å². The molecule has 0 atom stereocenters. The maximum Gasteiger partial charge on any atom is 0.255 e. The fourth-order valence-electron chi connectivity index (χ4n) is 2.95. The number of amides is 2. The van der Waals surface area contributed by atoms with Crippen LogP contribution in [0.3, 0.4) is 0 Å². The van der Waals surface area contributed by atoms with E-state index < -0.39 is 0 Å². The quantitative estimate of drug-likeness (QED) is 0.826. The Hall–Kier alpha value is -1.55. The molecule has 0 saturated carbocycles. The fourth-order valence-corrected chi connectivity index (χ4v) is 3.17. The largest absolute Gasteiger partial charge is 0.346 e. The molecule has 23 heavy (non-hydrogen) atoms. The monoisotopic (exact) mass is 336 g/mol. The molecule has 1 heterocycles. The maximum atomic E-state index is 12.5. The van der Waals surface area contributed by atoms with E-state index in [4.69, 9.17) is 11.6 Å². The molecule has 0 aromatic heterocycles. The minimum Gasteiger partial charge on any atom is -0.346 e. The van der Waals surface area contributed by atoms with Crippen molar-refractivity contribution in [3.63, 3.8) is 0 Å². The first kappa shape index (κ1) is 17.8. The minimum absolute atomic E-state index is 0.0344. The van der Waals surface area contributed by atoms with Crippen molar-refractivity contribution in [3.8, 4) is 0 Å². The molecule has 1 saturated heterocycles. The molecule has 1 aromatic carbocycles. The zero-order valence-corrected chi connectivity index (χ0v) is 14.7. The Bertz CT molecular complexity index is 554. The van der Waals surface area contributed by atoms with Crippen molar-refractivity contribution in [2.75, 3.05) is 26.7 Å².